The van der Waals surface area contributed by atoms with Crippen molar-refractivity contribution in [3.63, 3.8) is 0 Å². The smallest absolute Gasteiger partial charge is 0.223 e. The van der Waals surface area contributed by atoms with E-state index in [-0.39, 0.29) is 12.4 Å². The third-order valence-corrected chi connectivity index (χ3v) is 4.33. The number of hydrogen-bond acceptors (Lipinski definition) is 5. The molecule has 3 heterocycles. The van der Waals surface area contributed by atoms with Crippen molar-refractivity contribution in [2.24, 2.45) is 0 Å². The minimum Gasteiger partial charge on any atom is -0.349 e. The molecule has 0 radical (unpaired) electrons. The highest BCUT2D eigenvalue weighted by Gasteiger charge is 2.17. The van der Waals surface area contributed by atoms with Crippen LogP contribution in [0.25, 0.3) is 22.6 Å². The molecule has 3 aromatic heterocycles. The lowest BCUT2D eigenvalue weighted by Crippen LogP contribution is -2.07. The van der Waals surface area contributed by atoms with Gasteiger partial charge >= 0.3 is 0 Å². The summed E-state index contributed by atoms with van der Waals surface area (Å²) >= 11 is 0. The van der Waals surface area contributed by atoms with E-state index >= 15 is 0 Å². The normalized spacial score (nSPS) is 10.8. The number of nitrogens with one attached hydrogen (secondary N) is 1. The number of halogens is 2. The molecule has 0 fully saturated rings. The lowest BCUT2D eigenvalue weighted by Gasteiger charge is -2.10. The maximum Gasteiger partial charge on any atom is 0.223 e. The molecule has 6 nitrogen and oxygen atoms in total. The van der Waals surface area contributed by atoms with E-state index in [1.54, 1.807) is 41.5 Å². The maximum atomic E-state index is 13.3. The molecule has 0 atom stereocenters. The van der Waals surface area contributed by atoms with Gasteiger partial charge in [0.2, 0.25) is 5.95 Å². The first-order valence-electron chi connectivity index (χ1n) is 9.09. The van der Waals surface area contributed by atoms with Crippen LogP contribution in [-0.2, 0) is 13.1 Å². The predicted octanol–water partition coefficient (Wildman–Crippen LogP) is 4.12. The van der Waals surface area contributed by atoms with Gasteiger partial charge in [0.25, 0.3) is 0 Å². The summed E-state index contributed by atoms with van der Waals surface area (Å²) in [6.07, 6.45) is 4.92. The summed E-state index contributed by atoms with van der Waals surface area (Å²) < 4.78 is 28.1. The Balaban J connectivity index is 1.68. The van der Waals surface area contributed by atoms with E-state index in [1.807, 2.05) is 18.2 Å². The number of hydrogen-bond donors (Lipinski definition) is 1. The van der Waals surface area contributed by atoms with Crippen molar-refractivity contribution in [3.8, 4) is 22.6 Å². The Hall–Kier alpha value is -3.68. The summed E-state index contributed by atoms with van der Waals surface area (Å²) in [6.45, 7) is 0.0746. The van der Waals surface area contributed by atoms with Crippen LogP contribution in [0.2, 0.25) is 0 Å². The molecular formula is C21H18F2N6. The van der Waals surface area contributed by atoms with Crippen LogP contribution in [-0.4, -0.2) is 31.2 Å². The van der Waals surface area contributed by atoms with Gasteiger partial charge in [0, 0.05) is 18.0 Å². The van der Waals surface area contributed by atoms with Crippen molar-refractivity contribution >= 4 is 5.95 Å². The molecule has 0 saturated carbocycles. The third kappa shape index (κ3) is 4.26. The Morgan fingerprint density at radius 1 is 0.931 bits per heavy atom. The van der Waals surface area contributed by atoms with Crippen LogP contribution in [0.15, 0.2) is 67.3 Å². The van der Waals surface area contributed by atoms with Gasteiger partial charge in [-0.05, 0) is 42.5 Å². The lowest BCUT2D eigenvalue weighted by atomic mass is 10.1. The van der Waals surface area contributed by atoms with Crippen LogP contribution >= 0.6 is 0 Å². The third-order valence-electron chi connectivity index (χ3n) is 4.33. The number of rotatable bonds is 7. The molecule has 0 unspecified atom stereocenters. The minimum absolute atomic E-state index is 0.143. The van der Waals surface area contributed by atoms with Gasteiger partial charge in [-0.25, -0.2) is 23.7 Å². The van der Waals surface area contributed by atoms with Crippen molar-refractivity contribution < 1.29 is 8.78 Å². The molecule has 4 rings (SSSR count). The molecule has 0 saturated heterocycles. The second kappa shape index (κ2) is 8.55. The average molecular weight is 392 g/mol. The Morgan fingerprint density at radius 3 is 2.55 bits per heavy atom. The fraction of sp³-hybridized carbons (Fsp3) is 0.143. The molecule has 8 heteroatoms. The van der Waals surface area contributed by atoms with Crippen molar-refractivity contribution in [1.29, 1.82) is 0 Å². The number of aryl methyl sites for hydroxylation is 1. The Labute approximate surface area is 166 Å². The van der Waals surface area contributed by atoms with Crippen LogP contribution < -0.4 is 5.32 Å². The predicted molar refractivity (Wildman–Crippen MR) is 106 cm³/mol. The van der Waals surface area contributed by atoms with E-state index in [9.17, 15) is 8.78 Å². The highest BCUT2D eigenvalue weighted by atomic mass is 19.1. The Bertz CT molecular complexity index is 1080. The molecule has 0 spiro atoms. The zero-order valence-corrected chi connectivity index (χ0v) is 15.5. The SMILES string of the molecule is FCCn1cnc(-c2ccc(F)cc2)c1-c1ccnc(NCc2ccccn2)n1. The van der Waals surface area contributed by atoms with E-state index in [1.165, 1.54) is 12.1 Å². The first-order valence-corrected chi connectivity index (χ1v) is 9.09. The van der Waals surface area contributed by atoms with Gasteiger partial charge < -0.3 is 9.88 Å². The summed E-state index contributed by atoms with van der Waals surface area (Å²) in [5.41, 5.74) is 3.43. The molecule has 0 aliphatic heterocycles. The lowest BCUT2D eigenvalue weighted by molar-refractivity contribution is 0.447. The molecule has 0 aliphatic carbocycles. The van der Waals surface area contributed by atoms with E-state index in [0.717, 1.165) is 11.3 Å². The van der Waals surface area contributed by atoms with E-state index in [4.69, 9.17) is 0 Å². The van der Waals surface area contributed by atoms with E-state index < -0.39 is 6.67 Å². The summed E-state index contributed by atoms with van der Waals surface area (Å²) in [7, 11) is 0. The maximum absolute atomic E-state index is 13.3. The molecule has 1 aromatic carbocycles. The fourth-order valence-corrected chi connectivity index (χ4v) is 2.98. The van der Waals surface area contributed by atoms with E-state index in [2.05, 4.69) is 25.3 Å². The zero-order valence-electron chi connectivity index (χ0n) is 15.5. The van der Waals surface area contributed by atoms with Gasteiger partial charge in [0.1, 0.15) is 12.5 Å². The number of anilines is 1. The van der Waals surface area contributed by atoms with Gasteiger partial charge in [0.15, 0.2) is 0 Å². The van der Waals surface area contributed by atoms with Crippen LogP contribution in [0, 0.1) is 5.82 Å². The molecule has 4 aromatic rings. The van der Waals surface area contributed by atoms with Crippen molar-refractivity contribution in [2.75, 3.05) is 12.0 Å². The van der Waals surface area contributed by atoms with Crippen molar-refractivity contribution in [2.45, 2.75) is 13.1 Å². The second-order valence-electron chi connectivity index (χ2n) is 6.27. The monoisotopic (exact) mass is 392 g/mol. The van der Waals surface area contributed by atoms with Gasteiger partial charge in [-0.3, -0.25) is 4.98 Å². The van der Waals surface area contributed by atoms with E-state index in [0.29, 0.717) is 29.6 Å². The number of alkyl halides is 1. The molecule has 0 amide bonds. The number of pyridine rings is 1. The van der Waals surface area contributed by atoms with Gasteiger partial charge in [-0.2, -0.15) is 0 Å². The number of aromatic nitrogens is 5. The van der Waals surface area contributed by atoms with Crippen LogP contribution in [0.3, 0.4) is 0 Å². The molecular weight excluding hydrogens is 374 g/mol. The minimum atomic E-state index is -0.540. The quantitative estimate of drug-likeness (QED) is 0.512. The van der Waals surface area contributed by atoms with Crippen LogP contribution in [0.4, 0.5) is 14.7 Å². The average Bonchev–Trinajstić information content (AvgIpc) is 3.18. The zero-order chi connectivity index (χ0) is 20.1. The molecule has 29 heavy (non-hydrogen) atoms. The second-order valence-corrected chi connectivity index (χ2v) is 6.27. The van der Waals surface area contributed by atoms with Crippen LogP contribution in [0.1, 0.15) is 5.69 Å². The van der Waals surface area contributed by atoms with Gasteiger partial charge in [-0.15, -0.1) is 0 Å². The standard InChI is InChI=1S/C21H18F2N6/c22-9-12-29-14-27-19(15-4-6-16(23)7-5-15)20(29)18-8-11-25-21(28-18)26-13-17-3-1-2-10-24-17/h1-8,10-11,14H,9,12-13H2,(H,25,26,28). The highest BCUT2D eigenvalue weighted by Crippen LogP contribution is 2.30. The topological polar surface area (TPSA) is 68.5 Å². The van der Waals surface area contributed by atoms with Crippen molar-refractivity contribution in [1.82, 2.24) is 24.5 Å². The molecule has 146 valence electrons. The fourth-order valence-electron chi connectivity index (χ4n) is 2.98. The molecule has 1 N–H and O–H groups in total. The summed E-state index contributed by atoms with van der Waals surface area (Å²) in [4.78, 5) is 17.5. The summed E-state index contributed by atoms with van der Waals surface area (Å²) in [5.74, 6) is 0.0905. The number of imidazole rings is 1. The number of benzene rings is 1. The Morgan fingerprint density at radius 2 is 1.79 bits per heavy atom. The summed E-state index contributed by atoms with van der Waals surface area (Å²) in [5, 5.41) is 3.14. The number of nitrogens with zero attached hydrogens (tertiary/aromatic N) is 5. The first-order chi connectivity index (χ1) is 14.2. The molecule has 0 bridgehead atoms. The first kappa shape index (κ1) is 18.7. The summed E-state index contributed by atoms with van der Waals surface area (Å²) in [6, 6.07) is 13.4. The highest BCUT2D eigenvalue weighted by molar-refractivity contribution is 5.77. The van der Waals surface area contributed by atoms with Gasteiger partial charge in [0.05, 0.1) is 42.2 Å². The largest absolute Gasteiger partial charge is 0.349 e. The molecule has 0 aliphatic rings. The van der Waals surface area contributed by atoms with Crippen molar-refractivity contribution in [3.05, 3.63) is 78.8 Å². The Kier molecular flexibility index (Phi) is 5.51. The van der Waals surface area contributed by atoms with Gasteiger partial charge in [-0.1, -0.05) is 6.07 Å². The van der Waals surface area contributed by atoms with Crippen LogP contribution in [0.5, 0.6) is 0 Å².